The SMILES string of the molecule is CCC1CN(C(=O)c2cncnc2C)CCC1NC(=O)C=C1CCCCC1. The molecule has 2 aliphatic rings. The van der Waals surface area contributed by atoms with E-state index in [4.69, 9.17) is 0 Å². The molecule has 6 nitrogen and oxygen atoms in total. The average Bonchev–Trinajstić information content (AvgIpc) is 2.69. The Morgan fingerprint density at radius 1 is 1.30 bits per heavy atom. The van der Waals surface area contributed by atoms with E-state index in [1.807, 2.05) is 17.9 Å². The number of allylic oxidation sites excluding steroid dienone is 1. The number of hydrogen-bond acceptors (Lipinski definition) is 4. The Morgan fingerprint density at radius 2 is 2.07 bits per heavy atom. The quantitative estimate of drug-likeness (QED) is 0.827. The van der Waals surface area contributed by atoms with Gasteiger partial charge in [0.05, 0.1) is 11.3 Å². The molecule has 0 bridgehead atoms. The van der Waals surface area contributed by atoms with Gasteiger partial charge in [-0.3, -0.25) is 9.59 Å². The number of hydrogen-bond donors (Lipinski definition) is 1. The van der Waals surface area contributed by atoms with Crippen molar-refractivity contribution in [1.29, 1.82) is 0 Å². The zero-order chi connectivity index (χ0) is 19.2. The maximum atomic E-state index is 12.8. The molecular weight excluding hydrogens is 340 g/mol. The lowest BCUT2D eigenvalue weighted by Gasteiger charge is -2.38. The largest absolute Gasteiger partial charge is 0.349 e. The third-order valence-electron chi connectivity index (χ3n) is 5.85. The first-order valence-corrected chi connectivity index (χ1v) is 10.1. The molecule has 2 heterocycles. The maximum Gasteiger partial charge on any atom is 0.257 e. The second kappa shape index (κ2) is 9.11. The molecule has 3 rings (SSSR count). The van der Waals surface area contributed by atoms with Crippen LogP contribution in [0.5, 0.6) is 0 Å². The summed E-state index contributed by atoms with van der Waals surface area (Å²) in [4.78, 5) is 35.2. The molecule has 0 aromatic carbocycles. The summed E-state index contributed by atoms with van der Waals surface area (Å²) >= 11 is 0. The van der Waals surface area contributed by atoms with E-state index in [9.17, 15) is 9.59 Å². The van der Waals surface area contributed by atoms with Crippen LogP contribution in [0.2, 0.25) is 0 Å². The van der Waals surface area contributed by atoms with Crippen LogP contribution in [0.3, 0.4) is 0 Å². The lowest BCUT2D eigenvalue weighted by atomic mass is 9.89. The Morgan fingerprint density at radius 3 is 2.78 bits per heavy atom. The van der Waals surface area contributed by atoms with Crippen molar-refractivity contribution in [2.75, 3.05) is 13.1 Å². The van der Waals surface area contributed by atoms with Gasteiger partial charge in [-0.1, -0.05) is 18.9 Å². The summed E-state index contributed by atoms with van der Waals surface area (Å²) in [5.74, 6) is 0.282. The molecule has 1 saturated carbocycles. The highest BCUT2D eigenvalue weighted by Gasteiger charge is 2.32. The van der Waals surface area contributed by atoms with Crippen LogP contribution in [-0.4, -0.2) is 45.8 Å². The summed E-state index contributed by atoms with van der Waals surface area (Å²) in [6.45, 7) is 5.25. The number of piperidine rings is 1. The first-order valence-electron chi connectivity index (χ1n) is 10.1. The van der Waals surface area contributed by atoms with Gasteiger partial charge in [-0.15, -0.1) is 0 Å². The molecular formula is C21H30N4O2. The molecule has 0 spiro atoms. The van der Waals surface area contributed by atoms with Crippen LogP contribution in [-0.2, 0) is 4.79 Å². The first kappa shape index (κ1) is 19.5. The molecule has 1 saturated heterocycles. The van der Waals surface area contributed by atoms with Crippen molar-refractivity contribution in [1.82, 2.24) is 20.2 Å². The minimum atomic E-state index is -0.0133. The molecule has 6 heteroatoms. The second-order valence-electron chi connectivity index (χ2n) is 7.71. The van der Waals surface area contributed by atoms with Crippen LogP contribution in [0.1, 0.15) is 67.9 Å². The molecule has 2 unspecified atom stereocenters. The molecule has 1 aliphatic heterocycles. The predicted molar refractivity (Wildman–Crippen MR) is 104 cm³/mol. The lowest BCUT2D eigenvalue weighted by Crippen LogP contribution is -2.52. The van der Waals surface area contributed by atoms with E-state index >= 15 is 0 Å². The van der Waals surface area contributed by atoms with Crippen molar-refractivity contribution >= 4 is 11.8 Å². The fourth-order valence-electron chi connectivity index (χ4n) is 4.15. The van der Waals surface area contributed by atoms with E-state index < -0.39 is 0 Å². The molecule has 2 atom stereocenters. The number of likely N-dealkylation sites (tertiary alicyclic amines) is 1. The third-order valence-corrected chi connectivity index (χ3v) is 5.85. The first-order chi connectivity index (χ1) is 13.1. The summed E-state index contributed by atoms with van der Waals surface area (Å²) in [7, 11) is 0. The van der Waals surface area contributed by atoms with Crippen LogP contribution in [0.25, 0.3) is 0 Å². The number of aryl methyl sites for hydroxylation is 1. The van der Waals surface area contributed by atoms with Crippen LogP contribution in [0.15, 0.2) is 24.2 Å². The topological polar surface area (TPSA) is 75.2 Å². The van der Waals surface area contributed by atoms with Crippen molar-refractivity contribution in [2.45, 2.75) is 64.8 Å². The monoisotopic (exact) mass is 370 g/mol. The van der Waals surface area contributed by atoms with Crippen molar-refractivity contribution in [3.05, 3.63) is 35.4 Å². The van der Waals surface area contributed by atoms with E-state index in [0.29, 0.717) is 24.3 Å². The molecule has 1 aromatic rings. The predicted octanol–water partition coefficient (Wildman–Crippen LogP) is 3.03. The smallest absolute Gasteiger partial charge is 0.257 e. The lowest BCUT2D eigenvalue weighted by molar-refractivity contribution is -0.117. The Balaban J connectivity index is 1.60. The molecule has 1 aromatic heterocycles. The van der Waals surface area contributed by atoms with Gasteiger partial charge in [-0.2, -0.15) is 0 Å². The fourth-order valence-corrected chi connectivity index (χ4v) is 4.15. The van der Waals surface area contributed by atoms with Gasteiger partial charge in [0.15, 0.2) is 0 Å². The normalized spacial score (nSPS) is 23.0. The number of nitrogens with zero attached hydrogens (tertiary/aromatic N) is 3. The van der Waals surface area contributed by atoms with Crippen molar-refractivity contribution in [3.63, 3.8) is 0 Å². The second-order valence-corrected chi connectivity index (χ2v) is 7.71. The molecule has 0 radical (unpaired) electrons. The van der Waals surface area contributed by atoms with Gasteiger partial charge in [0, 0.05) is 31.4 Å². The highest BCUT2D eigenvalue weighted by Crippen LogP contribution is 2.24. The number of nitrogens with one attached hydrogen (secondary N) is 1. The molecule has 1 aliphatic carbocycles. The van der Waals surface area contributed by atoms with Gasteiger partial charge in [0.2, 0.25) is 5.91 Å². The van der Waals surface area contributed by atoms with E-state index in [-0.39, 0.29) is 23.8 Å². The Bertz CT molecular complexity index is 708. The average molecular weight is 370 g/mol. The Kier molecular flexibility index (Phi) is 6.58. The summed E-state index contributed by atoms with van der Waals surface area (Å²) in [6.07, 6.45) is 12.3. The minimum Gasteiger partial charge on any atom is -0.349 e. The van der Waals surface area contributed by atoms with Gasteiger partial charge in [0.25, 0.3) is 5.91 Å². The van der Waals surface area contributed by atoms with Gasteiger partial charge in [0.1, 0.15) is 6.33 Å². The van der Waals surface area contributed by atoms with Crippen molar-refractivity contribution in [3.8, 4) is 0 Å². The van der Waals surface area contributed by atoms with E-state index in [0.717, 1.165) is 25.7 Å². The van der Waals surface area contributed by atoms with Gasteiger partial charge >= 0.3 is 0 Å². The number of amides is 2. The summed E-state index contributed by atoms with van der Waals surface area (Å²) in [5, 5.41) is 3.20. The maximum absolute atomic E-state index is 12.8. The van der Waals surface area contributed by atoms with Gasteiger partial charge < -0.3 is 10.2 Å². The van der Waals surface area contributed by atoms with Crippen LogP contribution >= 0.6 is 0 Å². The Labute approximate surface area is 161 Å². The summed E-state index contributed by atoms with van der Waals surface area (Å²) in [6, 6.07) is 0.125. The number of aromatic nitrogens is 2. The zero-order valence-corrected chi connectivity index (χ0v) is 16.4. The molecule has 146 valence electrons. The van der Waals surface area contributed by atoms with E-state index in [2.05, 4.69) is 22.2 Å². The molecule has 2 fully saturated rings. The number of rotatable bonds is 4. The van der Waals surface area contributed by atoms with Gasteiger partial charge in [-0.05, 0) is 51.4 Å². The number of carbonyl (C=O) groups is 2. The van der Waals surface area contributed by atoms with Crippen LogP contribution < -0.4 is 5.32 Å². The van der Waals surface area contributed by atoms with Gasteiger partial charge in [-0.25, -0.2) is 9.97 Å². The fraction of sp³-hybridized carbons (Fsp3) is 0.619. The standard InChI is InChI=1S/C21H30N4O2/c1-3-17-13-25(21(27)18-12-22-14-23-15(18)2)10-9-19(17)24-20(26)11-16-7-5-4-6-8-16/h11-12,14,17,19H,3-10,13H2,1-2H3,(H,24,26). The van der Waals surface area contributed by atoms with Crippen LogP contribution in [0, 0.1) is 12.8 Å². The summed E-state index contributed by atoms with van der Waals surface area (Å²) < 4.78 is 0. The third kappa shape index (κ3) is 4.93. The van der Waals surface area contributed by atoms with E-state index in [1.165, 1.54) is 31.2 Å². The van der Waals surface area contributed by atoms with Crippen LogP contribution in [0.4, 0.5) is 0 Å². The number of carbonyl (C=O) groups excluding carboxylic acids is 2. The van der Waals surface area contributed by atoms with Crippen molar-refractivity contribution < 1.29 is 9.59 Å². The minimum absolute atomic E-state index is 0.0133. The molecule has 1 N–H and O–H groups in total. The molecule has 27 heavy (non-hydrogen) atoms. The zero-order valence-electron chi connectivity index (χ0n) is 16.4. The van der Waals surface area contributed by atoms with E-state index in [1.54, 1.807) is 6.20 Å². The highest BCUT2D eigenvalue weighted by molar-refractivity contribution is 5.95. The van der Waals surface area contributed by atoms with Crippen molar-refractivity contribution in [2.24, 2.45) is 5.92 Å². The molecule has 2 amide bonds. The summed E-state index contributed by atoms with van der Waals surface area (Å²) in [5.41, 5.74) is 2.55. The Hall–Kier alpha value is -2.24. The highest BCUT2D eigenvalue weighted by atomic mass is 16.2.